The third-order valence-corrected chi connectivity index (χ3v) is 2.58. The van der Waals surface area contributed by atoms with Gasteiger partial charge in [0.15, 0.2) is 0 Å². The lowest BCUT2D eigenvalue weighted by molar-refractivity contribution is -0.0985. The zero-order valence-electron chi connectivity index (χ0n) is 8.50. The number of ether oxygens (including phenoxy) is 1. The smallest absolute Gasteiger partial charge is 0.0939 e. The van der Waals surface area contributed by atoms with Crippen molar-refractivity contribution < 1.29 is 9.84 Å². The van der Waals surface area contributed by atoms with Gasteiger partial charge in [-0.2, -0.15) is 0 Å². The van der Waals surface area contributed by atoms with Crippen molar-refractivity contribution in [3.63, 3.8) is 0 Å². The Morgan fingerprint density at radius 3 is 2.17 bits per heavy atom. The zero-order valence-corrected chi connectivity index (χ0v) is 8.50. The van der Waals surface area contributed by atoms with E-state index in [-0.39, 0.29) is 11.8 Å². The van der Waals surface area contributed by atoms with Crippen LogP contribution in [-0.2, 0) is 4.74 Å². The lowest BCUT2D eigenvalue weighted by Gasteiger charge is -2.36. The molecule has 0 aromatic heterocycles. The molecule has 0 aliphatic heterocycles. The van der Waals surface area contributed by atoms with Gasteiger partial charge in [0.2, 0.25) is 0 Å². The summed E-state index contributed by atoms with van der Waals surface area (Å²) >= 11 is 0. The molecule has 0 saturated heterocycles. The van der Waals surface area contributed by atoms with E-state index < -0.39 is 5.60 Å². The predicted octanol–water partition coefficient (Wildman–Crippen LogP) is 0.615. The summed E-state index contributed by atoms with van der Waals surface area (Å²) in [6.45, 7) is 6.73. The maximum atomic E-state index is 10.2. The van der Waals surface area contributed by atoms with Gasteiger partial charge in [0, 0.05) is 7.11 Å². The lowest BCUT2D eigenvalue weighted by atomic mass is 9.80. The van der Waals surface area contributed by atoms with Crippen LogP contribution in [0.5, 0.6) is 0 Å². The number of rotatable bonds is 5. The van der Waals surface area contributed by atoms with E-state index in [1.54, 1.807) is 7.11 Å². The van der Waals surface area contributed by atoms with Crippen molar-refractivity contribution >= 4 is 0 Å². The van der Waals surface area contributed by atoms with Crippen LogP contribution < -0.4 is 5.73 Å². The molecular weight excluding hydrogens is 154 g/mol. The molecule has 0 aromatic rings. The van der Waals surface area contributed by atoms with E-state index in [9.17, 15) is 5.11 Å². The SMILES string of the molecule is COCC(O)(C(C)C)C(C)CN. The average Bonchev–Trinajstić information content (AvgIpc) is 2.03. The summed E-state index contributed by atoms with van der Waals surface area (Å²) in [6, 6.07) is 0. The molecule has 0 aliphatic carbocycles. The largest absolute Gasteiger partial charge is 0.387 e. The van der Waals surface area contributed by atoms with Crippen LogP contribution >= 0.6 is 0 Å². The van der Waals surface area contributed by atoms with Gasteiger partial charge in [0.05, 0.1) is 12.2 Å². The quantitative estimate of drug-likeness (QED) is 0.644. The van der Waals surface area contributed by atoms with Gasteiger partial charge in [-0.05, 0) is 18.4 Å². The minimum atomic E-state index is -0.788. The number of methoxy groups -OCH3 is 1. The number of nitrogens with two attached hydrogens (primary N) is 1. The highest BCUT2D eigenvalue weighted by Crippen LogP contribution is 2.25. The van der Waals surface area contributed by atoms with Gasteiger partial charge in [-0.3, -0.25) is 0 Å². The fraction of sp³-hybridized carbons (Fsp3) is 1.00. The first-order chi connectivity index (χ1) is 5.49. The van der Waals surface area contributed by atoms with Gasteiger partial charge in [-0.25, -0.2) is 0 Å². The van der Waals surface area contributed by atoms with Crippen molar-refractivity contribution in [2.24, 2.45) is 17.6 Å². The van der Waals surface area contributed by atoms with Crippen molar-refractivity contribution in [3.8, 4) is 0 Å². The van der Waals surface area contributed by atoms with Gasteiger partial charge in [0.25, 0.3) is 0 Å². The van der Waals surface area contributed by atoms with E-state index in [4.69, 9.17) is 10.5 Å². The van der Waals surface area contributed by atoms with E-state index >= 15 is 0 Å². The van der Waals surface area contributed by atoms with Crippen LogP contribution in [0.25, 0.3) is 0 Å². The molecule has 12 heavy (non-hydrogen) atoms. The summed E-state index contributed by atoms with van der Waals surface area (Å²) in [7, 11) is 1.59. The molecule has 74 valence electrons. The minimum absolute atomic E-state index is 0.0671. The predicted molar refractivity (Wildman–Crippen MR) is 49.9 cm³/mol. The third-order valence-electron chi connectivity index (χ3n) is 2.58. The Bertz CT molecular complexity index is 128. The average molecular weight is 175 g/mol. The molecule has 0 heterocycles. The van der Waals surface area contributed by atoms with Crippen molar-refractivity contribution in [1.82, 2.24) is 0 Å². The van der Waals surface area contributed by atoms with E-state index in [0.717, 1.165) is 0 Å². The highest BCUT2D eigenvalue weighted by atomic mass is 16.5. The molecule has 3 heteroatoms. The topological polar surface area (TPSA) is 55.5 Å². The molecule has 0 fully saturated rings. The molecule has 0 rings (SSSR count). The molecule has 0 aliphatic rings. The van der Waals surface area contributed by atoms with Gasteiger partial charge in [0.1, 0.15) is 0 Å². The molecule has 0 saturated carbocycles. The van der Waals surface area contributed by atoms with Crippen LogP contribution in [0, 0.1) is 11.8 Å². The van der Waals surface area contributed by atoms with Crippen LogP contribution in [0.1, 0.15) is 20.8 Å². The molecule has 0 spiro atoms. The van der Waals surface area contributed by atoms with Crippen molar-refractivity contribution in [2.45, 2.75) is 26.4 Å². The monoisotopic (exact) mass is 175 g/mol. The number of hydrogen-bond donors (Lipinski definition) is 2. The first kappa shape index (κ1) is 11.9. The first-order valence-corrected chi connectivity index (χ1v) is 4.40. The second kappa shape index (κ2) is 4.80. The summed E-state index contributed by atoms with van der Waals surface area (Å²) in [4.78, 5) is 0. The lowest BCUT2D eigenvalue weighted by Crippen LogP contribution is -2.48. The first-order valence-electron chi connectivity index (χ1n) is 4.40. The molecular formula is C9H21NO2. The normalized spacial score (nSPS) is 19.2. The van der Waals surface area contributed by atoms with Crippen LogP contribution in [0.2, 0.25) is 0 Å². The molecule has 2 unspecified atom stereocenters. The zero-order chi connectivity index (χ0) is 9.78. The molecule has 0 radical (unpaired) electrons. The van der Waals surface area contributed by atoms with Crippen LogP contribution in [0.3, 0.4) is 0 Å². The highest BCUT2D eigenvalue weighted by molar-refractivity contribution is 4.87. The molecule has 2 atom stereocenters. The van der Waals surface area contributed by atoms with Gasteiger partial charge < -0.3 is 15.6 Å². The fourth-order valence-corrected chi connectivity index (χ4v) is 1.31. The Labute approximate surface area is 74.9 Å². The second-order valence-corrected chi connectivity index (χ2v) is 3.72. The highest BCUT2D eigenvalue weighted by Gasteiger charge is 2.36. The van der Waals surface area contributed by atoms with Crippen molar-refractivity contribution in [1.29, 1.82) is 0 Å². The van der Waals surface area contributed by atoms with Gasteiger partial charge >= 0.3 is 0 Å². The molecule has 0 bridgehead atoms. The summed E-state index contributed by atoms with van der Waals surface area (Å²) in [6.07, 6.45) is 0. The summed E-state index contributed by atoms with van der Waals surface area (Å²) in [5.41, 5.74) is 4.72. The summed E-state index contributed by atoms with van der Waals surface area (Å²) in [5, 5.41) is 10.2. The Morgan fingerprint density at radius 2 is 1.92 bits per heavy atom. The molecule has 0 aromatic carbocycles. The summed E-state index contributed by atoms with van der Waals surface area (Å²) in [5.74, 6) is 0.230. The van der Waals surface area contributed by atoms with Crippen LogP contribution in [0.15, 0.2) is 0 Å². The summed E-state index contributed by atoms with van der Waals surface area (Å²) < 4.78 is 4.99. The molecule has 3 N–H and O–H groups in total. The van der Waals surface area contributed by atoms with Gasteiger partial charge in [-0.15, -0.1) is 0 Å². The molecule has 3 nitrogen and oxygen atoms in total. The van der Waals surface area contributed by atoms with E-state index in [1.165, 1.54) is 0 Å². The second-order valence-electron chi connectivity index (χ2n) is 3.72. The standard InChI is InChI=1S/C9H21NO2/c1-7(2)9(11,6-12-4)8(3)5-10/h7-8,11H,5-6,10H2,1-4H3. The van der Waals surface area contributed by atoms with Crippen molar-refractivity contribution in [2.75, 3.05) is 20.3 Å². The van der Waals surface area contributed by atoms with E-state index in [0.29, 0.717) is 13.2 Å². The minimum Gasteiger partial charge on any atom is -0.387 e. The van der Waals surface area contributed by atoms with E-state index in [1.807, 2.05) is 20.8 Å². The molecule has 0 amide bonds. The number of hydrogen-bond acceptors (Lipinski definition) is 3. The van der Waals surface area contributed by atoms with Crippen molar-refractivity contribution in [3.05, 3.63) is 0 Å². The third kappa shape index (κ3) is 2.44. The maximum Gasteiger partial charge on any atom is 0.0939 e. The van der Waals surface area contributed by atoms with Gasteiger partial charge in [-0.1, -0.05) is 20.8 Å². The Morgan fingerprint density at radius 1 is 1.42 bits per heavy atom. The Balaban J connectivity index is 4.37. The van der Waals surface area contributed by atoms with Crippen LogP contribution in [-0.4, -0.2) is 31.0 Å². The Hall–Kier alpha value is -0.120. The Kier molecular flexibility index (Phi) is 4.75. The fourth-order valence-electron chi connectivity index (χ4n) is 1.31. The van der Waals surface area contributed by atoms with E-state index in [2.05, 4.69) is 0 Å². The maximum absolute atomic E-state index is 10.2. The number of aliphatic hydroxyl groups is 1. The van der Waals surface area contributed by atoms with Crippen LogP contribution in [0.4, 0.5) is 0 Å².